The number of nitrogens with one attached hydrogen (secondary N) is 1. The molecule has 3 heteroatoms. The van der Waals surface area contributed by atoms with Crippen LogP contribution in [0.15, 0.2) is 0 Å². The van der Waals surface area contributed by atoms with Gasteiger partial charge in [0, 0.05) is 19.6 Å². The minimum Gasteiger partial charge on any atom is -0.372 e. The van der Waals surface area contributed by atoms with Crippen molar-refractivity contribution in [3.05, 3.63) is 0 Å². The van der Waals surface area contributed by atoms with E-state index < -0.39 is 0 Å². The molecular formula is C15H32N2O. The third-order valence-electron chi connectivity index (χ3n) is 3.83. The van der Waals surface area contributed by atoms with Crippen LogP contribution < -0.4 is 5.32 Å². The monoisotopic (exact) mass is 256 g/mol. The Morgan fingerprint density at radius 3 is 2.67 bits per heavy atom. The predicted octanol–water partition coefficient (Wildman–Crippen LogP) is 2.51. The summed E-state index contributed by atoms with van der Waals surface area (Å²) >= 11 is 0. The highest BCUT2D eigenvalue weighted by atomic mass is 16.5. The van der Waals surface area contributed by atoms with Gasteiger partial charge in [-0.3, -0.25) is 0 Å². The van der Waals surface area contributed by atoms with Crippen molar-refractivity contribution in [1.29, 1.82) is 0 Å². The Morgan fingerprint density at radius 1 is 1.28 bits per heavy atom. The Morgan fingerprint density at radius 2 is 2.00 bits per heavy atom. The Hall–Kier alpha value is -0.120. The molecule has 0 aromatic heterocycles. The molecule has 1 rings (SSSR count). The van der Waals surface area contributed by atoms with Crippen LogP contribution in [0.3, 0.4) is 0 Å². The summed E-state index contributed by atoms with van der Waals surface area (Å²) in [5.41, 5.74) is 0. The van der Waals surface area contributed by atoms with Crippen LogP contribution in [-0.2, 0) is 4.74 Å². The largest absolute Gasteiger partial charge is 0.372 e. The van der Waals surface area contributed by atoms with E-state index in [0.29, 0.717) is 12.2 Å². The normalized spacial score (nSPS) is 25.8. The molecule has 1 saturated heterocycles. The highest BCUT2D eigenvalue weighted by Crippen LogP contribution is 2.20. The molecule has 108 valence electrons. The maximum Gasteiger partial charge on any atom is 0.0707 e. The van der Waals surface area contributed by atoms with Gasteiger partial charge in [-0.2, -0.15) is 0 Å². The first-order valence-corrected chi connectivity index (χ1v) is 7.70. The van der Waals surface area contributed by atoms with Crippen LogP contribution in [0.2, 0.25) is 0 Å². The van der Waals surface area contributed by atoms with Crippen molar-refractivity contribution in [2.24, 2.45) is 5.92 Å². The molecule has 3 nitrogen and oxygen atoms in total. The smallest absolute Gasteiger partial charge is 0.0707 e. The molecule has 0 bridgehead atoms. The molecule has 18 heavy (non-hydrogen) atoms. The summed E-state index contributed by atoms with van der Waals surface area (Å²) < 4.78 is 6.09. The third-order valence-corrected chi connectivity index (χ3v) is 3.83. The van der Waals surface area contributed by atoms with Crippen LogP contribution in [0, 0.1) is 5.92 Å². The van der Waals surface area contributed by atoms with Gasteiger partial charge in [-0.05, 0) is 38.8 Å². The van der Waals surface area contributed by atoms with E-state index in [1.54, 1.807) is 0 Å². The van der Waals surface area contributed by atoms with E-state index in [1.165, 1.54) is 32.2 Å². The summed E-state index contributed by atoms with van der Waals surface area (Å²) in [6, 6.07) is 0. The zero-order chi connectivity index (χ0) is 13.4. The van der Waals surface area contributed by atoms with Gasteiger partial charge < -0.3 is 15.0 Å². The lowest BCUT2D eigenvalue weighted by atomic mass is 10.1. The van der Waals surface area contributed by atoms with Gasteiger partial charge in [0.15, 0.2) is 0 Å². The Bertz CT molecular complexity index is 211. The molecule has 1 aliphatic heterocycles. The quantitative estimate of drug-likeness (QED) is 0.642. The van der Waals surface area contributed by atoms with Crippen LogP contribution in [-0.4, -0.2) is 50.3 Å². The molecule has 1 aliphatic rings. The maximum atomic E-state index is 6.09. The summed E-state index contributed by atoms with van der Waals surface area (Å²) in [7, 11) is 2.22. The summed E-state index contributed by atoms with van der Waals surface area (Å²) in [5, 5.41) is 3.45. The van der Waals surface area contributed by atoms with E-state index in [4.69, 9.17) is 4.74 Å². The van der Waals surface area contributed by atoms with Crippen molar-refractivity contribution >= 4 is 0 Å². The summed E-state index contributed by atoms with van der Waals surface area (Å²) in [6.45, 7) is 11.2. The van der Waals surface area contributed by atoms with Crippen LogP contribution >= 0.6 is 0 Å². The molecule has 0 aromatic carbocycles. The van der Waals surface area contributed by atoms with Gasteiger partial charge in [-0.25, -0.2) is 0 Å². The van der Waals surface area contributed by atoms with Gasteiger partial charge in [-0.1, -0.05) is 27.2 Å². The van der Waals surface area contributed by atoms with Gasteiger partial charge >= 0.3 is 0 Å². The van der Waals surface area contributed by atoms with Crippen LogP contribution in [0.4, 0.5) is 0 Å². The van der Waals surface area contributed by atoms with Crippen molar-refractivity contribution in [2.45, 2.75) is 58.7 Å². The van der Waals surface area contributed by atoms with Gasteiger partial charge in [0.05, 0.1) is 12.2 Å². The number of ether oxygens (including phenoxy) is 1. The van der Waals surface area contributed by atoms with Crippen molar-refractivity contribution < 1.29 is 4.74 Å². The second kappa shape index (κ2) is 8.89. The van der Waals surface area contributed by atoms with Crippen molar-refractivity contribution in [3.63, 3.8) is 0 Å². The summed E-state index contributed by atoms with van der Waals surface area (Å²) in [4.78, 5) is 2.43. The topological polar surface area (TPSA) is 24.5 Å². The fourth-order valence-corrected chi connectivity index (χ4v) is 2.59. The van der Waals surface area contributed by atoms with E-state index in [0.717, 1.165) is 25.6 Å². The molecule has 0 saturated carbocycles. The van der Waals surface area contributed by atoms with Gasteiger partial charge in [0.2, 0.25) is 0 Å². The molecule has 0 radical (unpaired) electrons. The Kier molecular flexibility index (Phi) is 7.87. The first-order chi connectivity index (χ1) is 8.65. The predicted molar refractivity (Wildman–Crippen MR) is 78.0 cm³/mol. The third kappa shape index (κ3) is 6.17. The first kappa shape index (κ1) is 15.9. The lowest BCUT2D eigenvalue weighted by Crippen LogP contribution is -2.34. The molecule has 0 amide bonds. The minimum absolute atomic E-state index is 0.443. The number of hydrogen-bond acceptors (Lipinski definition) is 3. The highest BCUT2D eigenvalue weighted by molar-refractivity contribution is 4.77. The standard InChI is InChI=1S/C15H32N2O/c1-5-9-16-10-14-7-8-15(18-14)12-17(4)11-13(3)6-2/h13-16H,5-12H2,1-4H3. The van der Waals surface area contributed by atoms with Crippen LogP contribution in [0.1, 0.15) is 46.5 Å². The molecule has 0 spiro atoms. The molecule has 3 atom stereocenters. The average Bonchev–Trinajstić information content (AvgIpc) is 2.76. The fourth-order valence-electron chi connectivity index (χ4n) is 2.59. The Balaban J connectivity index is 2.13. The van der Waals surface area contributed by atoms with Gasteiger partial charge in [-0.15, -0.1) is 0 Å². The zero-order valence-corrected chi connectivity index (χ0v) is 12.7. The van der Waals surface area contributed by atoms with Crippen LogP contribution in [0.5, 0.6) is 0 Å². The second-order valence-electron chi connectivity index (χ2n) is 5.90. The molecule has 0 aromatic rings. The number of nitrogens with zero attached hydrogens (tertiary/aromatic N) is 1. The number of rotatable bonds is 9. The molecule has 0 aliphatic carbocycles. The van der Waals surface area contributed by atoms with Gasteiger partial charge in [0.1, 0.15) is 0 Å². The van der Waals surface area contributed by atoms with Crippen molar-refractivity contribution in [3.8, 4) is 0 Å². The van der Waals surface area contributed by atoms with E-state index in [1.807, 2.05) is 0 Å². The lowest BCUT2D eigenvalue weighted by Gasteiger charge is -2.24. The second-order valence-corrected chi connectivity index (χ2v) is 5.90. The van der Waals surface area contributed by atoms with E-state index in [2.05, 4.69) is 38.0 Å². The molecule has 1 heterocycles. The maximum absolute atomic E-state index is 6.09. The van der Waals surface area contributed by atoms with E-state index in [-0.39, 0.29) is 0 Å². The Labute approximate surface area is 113 Å². The van der Waals surface area contributed by atoms with Crippen molar-refractivity contribution in [1.82, 2.24) is 10.2 Å². The van der Waals surface area contributed by atoms with E-state index in [9.17, 15) is 0 Å². The zero-order valence-electron chi connectivity index (χ0n) is 12.7. The lowest BCUT2D eigenvalue weighted by molar-refractivity contribution is 0.0260. The van der Waals surface area contributed by atoms with Gasteiger partial charge in [0.25, 0.3) is 0 Å². The highest BCUT2D eigenvalue weighted by Gasteiger charge is 2.25. The summed E-state index contributed by atoms with van der Waals surface area (Å²) in [6.07, 6.45) is 5.81. The van der Waals surface area contributed by atoms with E-state index >= 15 is 0 Å². The number of hydrogen-bond donors (Lipinski definition) is 1. The van der Waals surface area contributed by atoms with Crippen LogP contribution in [0.25, 0.3) is 0 Å². The molecule has 1 N–H and O–H groups in total. The molecule has 1 fully saturated rings. The molecular weight excluding hydrogens is 224 g/mol. The first-order valence-electron chi connectivity index (χ1n) is 7.70. The SMILES string of the molecule is CCCNCC1CCC(CN(C)CC(C)CC)O1. The summed E-state index contributed by atoms with van der Waals surface area (Å²) in [5.74, 6) is 0.790. The molecule has 3 unspecified atom stereocenters. The van der Waals surface area contributed by atoms with Crippen molar-refractivity contribution in [2.75, 3.05) is 33.2 Å². The fraction of sp³-hybridized carbons (Fsp3) is 1.00. The average molecular weight is 256 g/mol. The number of likely N-dealkylation sites (N-methyl/N-ethyl adjacent to an activating group) is 1. The minimum atomic E-state index is 0.443.